The molecule has 1 amide bonds. The van der Waals surface area contributed by atoms with Crippen LogP contribution in [0.5, 0.6) is 0 Å². The van der Waals surface area contributed by atoms with Crippen LogP contribution in [-0.2, 0) is 11.3 Å². The Morgan fingerprint density at radius 3 is 2.88 bits per heavy atom. The molecule has 0 bridgehead atoms. The van der Waals surface area contributed by atoms with Gasteiger partial charge >= 0.3 is 0 Å². The minimum atomic E-state index is 0.0519. The Morgan fingerprint density at radius 1 is 1.27 bits per heavy atom. The number of imidazole rings is 1. The summed E-state index contributed by atoms with van der Waals surface area (Å²) in [6.07, 6.45) is 5.68. The molecule has 0 atom stereocenters. The predicted molar refractivity (Wildman–Crippen MR) is 95.9 cm³/mol. The van der Waals surface area contributed by atoms with E-state index in [1.54, 1.807) is 13.2 Å². The number of nitrogens with zero attached hydrogens (tertiary/aromatic N) is 5. The van der Waals surface area contributed by atoms with Gasteiger partial charge in [-0.1, -0.05) is 0 Å². The van der Waals surface area contributed by atoms with E-state index in [2.05, 4.69) is 25.0 Å². The molecule has 1 fully saturated rings. The van der Waals surface area contributed by atoms with Crippen LogP contribution in [0, 0.1) is 0 Å². The molecule has 3 aromatic rings. The van der Waals surface area contributed by atoms with Crippen molar-refractivity contribution in [3.05, 3.63) is 42.0 Å². The fourth-order valence-corrected chi connectivity index (χ4v) is 3.56. The summed E-state index contributed by atoms with van der Waals surface area (Å²) in [5, 5.41) is 10.7. The summed E-state index contributed by atoms with van der Waals surface area (Å²) < 4.78 is 7.32. The van der Waals surface area contributed by atoms with Crippen molar-refractivity contribution >= 4 is 16.9 Å². The molecule has 1 N–H and O–H groups in total. The van der Waals surface area contributed by atoms with E-state index in [1.165, 1.54) is 0 Å². The lowest BCUT2D eigenvalue weighted by Crippen LogP contribution is -2.38. The molecule has 0 spiro atoms. The third-order valence-electron chi connectivity index (χ3n) is 4.99. The monoisotopic (exact) mass is 354 g/mol. The van der Waals surface area contributed by atoms with Gasteiger partial charge in [0, 0.05) is 50.6 Å². The number of likely N-dealkylation sites (tertiary alicyclic amines) is 1. The normalized spacial score (nSPS) is 15.7. The van der Waals surface area contributed by atoms with Crippen molar-refractivity contribution in [1.29, 1.82) is 0 Å². The van der Waals surface area contributed by atoms with E-state index in [0.717, 1.165) is 43.8 Å². The molecule has 1 aliphatic rings. The van der Waals surface area contributed by atoms with Gasteiger partial charge in [0.15, 0.2) is 0 Å². The zero-order valence-electron chi connectivity index (χ0n) is 14.8. The lowest BCUT2D eigenvalue weighted by Gasteiger charge is -2.32. The summed E-state index contributed by atoms with van der Waals surface area (Å²) in [7, 11) is 1.71. The van der Waals surface area contributed by atoms with E-state index in [9.17, 15) is 4.79 Å². The van der Waals surface area contributed by atoms with Gasteiger partial charge in [0.2, 0.25) is 0 Å². The summed E-state index contributed by atoms with van der Waals surface area (Å²) in [6.45, 7) is 2.95. The average Bonchev–Trinajstić information content (AvgIpc) is 3.34. The van der Waals surface area contributed by atoms with Gasteiger partial charge in [0.25, 0.3) is 5.91 Å². The summed E-state index contributed by atoms with van der Waals surface area (Å²) in [5.41, 5.74) is 2.14. The number of hydrogen-bond donors (Lipinski definition) is 1. The van der Waals surface area contributed by atoms with E-state index in [-0.39, 0.29) is 5.91 Å². The first-order chi connectivity index (χ1) is 12.8. The van der Waals surface area contributed by atoms with Crippen molar-refractivity contribution in [1.82, 2.24) is 29.9 Å². The number of ether oxygens (including phenoxy) is 1. The Bertz CT molecular complexity index is 894. The number of aromatic amines is 1. The molecule has 0 radical (unpaired) electrons. The molecular weight excluding hydrogens is 332 g/mol. The summed E-state index contributed by atoms with van der Waals surface area (Å²) in [5.74, 6) is 1.53. The molecule has 8 heteroatoms. The molecule has 1 aromatic carbocycles. The average molecular weight is 354 g/mol. The third-order valence-corrected chi connectivity index (χ3v) is 4.99. The SMILES string of the molecule is COCCn1ccnc1C1CCN(C(=O)c2ccc3n[nH]nc3c2)CC1. The molecule has 0 aliphatic carbocycles. The highest BCUT2D eigenvalue weighted by atomic mass is 16.5. The van der Waals surface area contributed by atoms with Gasteiger partial charge in [-0.05, 0) is 31.0 Å². The lowest BCUT2D eigenvalue weighted by molar-refractivity contribution is 0.0710. The zero-order valence-corrected chi connectivity index (χ0v) is 14.8. The Labute approximate surface area is 151 Å². The number of methoxy groups -OCH3 is 1. The summed E-state index contributed by atoms with van der Waals surface area (Å²) >= 11 is 0. The quantitative estimate of drug-likeness (QED) is 0.755. The molecular formula is C18H22N6O2. The third kappa shape index (κ3) is 3.20. The first-order valence-electron chi connectivity index (χ1n) is 8.86. The number of carbonyl (C=O) groups is 1. The summed E-state index contributed by atoms with van der Waals surface area (Å²) in [4.78, 5) is 19.2. The van der Waals surface area contributed by atoms with Crippen molar-refractivity contribution in [3.8, 4) is 0 Å². The van der Waals surface area contributed by atoms with E-state index in [0.29, 0.717) is 23.6 Å². The predicted octanol–water partition coefficient (Wildman–Crippen LogP) is 1.82. The highest BCUT2D eigenvalue weighted by Crippen LogP contribution is 2.28. The second-order valence-corrected chi connectivity index (χ2v) is 6.57. The van der Waals surface area contributed by atoms with Crippen LogP contribution in [-0.4, -0.2) is 62.6 Å². The standard InChI is InChI=1S/C18H22N6O2/c1-26-11-10-23-9-6-19-17(23)13-4-7-24(8-5-13)18(25)14-2-3-15-16(12-14)21-22-20-15/h2-3,6,9,12-13H,4-5,7-8,10-11H2,1H3,(H,20,21,22). The molecule has 4 rings (SSSR count). The maximum Gasteiger partial charge on any atom is 0.253 e. The molecule has 8 nitrogen and oxygen atoms in total. The van der Waals surface area contributed by atoms with Gasteiger partial charge in [-0.3, -0.25) is 4.79 Å². The largest absolute Gasteiger partial charge is 0.383 e. The highest BCUT2D eigenvalue weighted by molar-refractivity contribution is 5.97. The molecule has 1 saturated heterocycles. The van der Waals surface area contributed by atoms with Gasteiger partial charge < -0.3 is 14.2 Å². The fourth-order valence-electron chi connectivity index (χ4n) is 3.56. The fraction of sp³-hybridized carbons (Fsp3) is 0.444. The minimum absolute atomic E-state index is 0.0519. The van der Waals surface area contributed by atoms with Gasteiger partial charge in [0.1, 0.15) is 16.9 Å². The number of carbonyl (C=O) groups excluding carboxylic acids is 1. The van der Waals surface area contributed by atoms with Crippen LogP contribution in [0.3, 0.4) is 0 Å². The molecule has 26 heavy (non-hydrogen) atoms. The maximum absolute atomic E-state index is 12.8. The van der Waals surface area contributed by atoms with Crippen molar-refractivity contribution in [2.45, 2.75) is 25.3 Å². The Hall–Kier alpha value is -2.74. The molecule has 0 saturated carbocycles. The first-order valence-corrected chi connectivity index (χ1v) is 8.86. The van der Waals surface area contributed by atoms with Crippen molar-refractivity contribution in [3.63, 3.8) is 0 Å². The zero-order chi connectivity index (χ0) is 17.9. The van der Waals surface area contributed by atoms with Gasteiger partial charge in [-0.2, -0.15) is 15.4 Å². The Kier molecular flexibility index (Phi) is 4.66. The van der Waals surface area contributed by atoms with E-state index in [1.807, 2.05) is 29.4 Å². The molecule has 1 aliphatic heterocycles. The van der Waals surface area contributed by atoms with Gasteiger partial charge in [-0.15, -0.1) is 0 Å². The van der Waals surface area contributed by atoms with Crippen LogP contribution in [0.25, 0.3) is 11.0 Å². The van der Waals surface area contributed by atoms with Crippen LogP contribution in [0.15, 0.2) is 30.6 Å². The smallest absolute Gasteiger partial charge is 0.253 e. The van der Waals surface area contributed by atoms with Crippen LogP contribution >= 0.6 is 0 Å². The highest BCUT2D eigenvalue weighted by Gasteiger charge is 2.27. The molecule has 0 unspecified atom stereocenters. The molecule has 136 valence electrons. The van der Waals surface area contributed by atoms with E-state index >= 15 is 0 Å². The van der Waals surface area contributed by atoms with Crippen molar-refractivity contribution in [2.24, 2.45) is 0 Å². The summed E-state index contributed by atoms with van der Waals surface area (Å²) in [6, 6.07) is 5.44. The Balaban J connectivity index is 1.41. The van der Waals surface area contributed by atoms with Crippen molar-refractivity contribution in [2.75, 3.05) is 26.8 Å². The van der Waals surface area contributed by atoms with Crippen LogP contribution in [0.1, 0.15) is 34.9 Å². The lowest BCUT2D eigenvalue weighted by atomic mass is 9.95. The van der Waals surface area contributed by atoms with Crippen molar-refractivity contribution < 1.29 is 9.53 Å². The number of hydrogen-bond acceptors (Lipinski definition) is 5. The number of H-pyrrole nitrogens is 1. The minimum Gasteiger partial charge on any atom is -0.383 e. The van der Waals surface area contributed by atoms with Crippen LogP contribution < -0.4 is 0 Å². The van der Waals surface area contributed by atoms with Crippen LogP contribution in [0.4, 0.5) is 0 Å². The second kappa shape index (κ2) is 7.25. The maximum atomic E-state index is 12.8. The topological polar surface area (TPSA) is 88.9 Å². The molecule has 3 heterocycles. The number of piperidine rings is 1. The van der Waals surface area contributed by atoms with E-state index < -0.39 is 0 Å². The number of nitrogens with one attached hydrogen (secondary N) is 1. The van der Waals surface area contributed by atoms with Gasteiger partial charge in [0.05, 0.1) is 6.61 Å². The number of amides is 1. The number of fused-ring (bicyclic) bond motifs is 1. The van der Waals surface area contributed by atoms with Crippen LogP contribution in [0.2, 0.25) is 0 Å². The first kappa shape index (κ1) is 16.7. The Morgan fingerprint density at radius 2 is 2.08 bits per heavy atom. The molecule has 2 aromatic heterocycles. The second-order valence-electron chi connectivity index (χ2n) is 6.57. The van der Waals surface area contributed by atoms with Gasteiger partial charge in [-0.25, -0.2) is 4.98 Å². The van der Waals surface area contributed by atoms with E-state index in [4.69, 9.17) is 4.74 Å². The number of benzene rings is 1. The number of rotatable bonds is 5. The number of aromatic nitrogens is 5.